The minimum atomic E-state index is -8.36. The molecular formula is C10H6Cl3F15Si. The van der Waals surface area contributed by atoms with Crippen molar-refractivity contribution in [3.8, 4) is 0 Å². The Hall–Kier alpha value is 0.0369. The van der Waals surface area contributed by atoms with Crippen LogP contribution in [0.1, 0.15) is 13.8 Å². The molecule has 0 unspecified atom stereocenters. The maximum Gasteiger partial charge on any atom is 0.460 e. The molecule has 29 heavy (non-hydrogen) atoms. The third-order valence-electron chi connectivity index (χ3n) is 3.82. The van der Waals surface area contributed by atoms with Crippen molar-refractivity contribution in [2.75, 3.05) is 0 Å². The fraction of sp³-hybridized carbons (Fsp3) is 1.00. The molecule has 0 spiro atoms. The fourth-order valence-electron chi connectivity index (χ4n) is 1.54. The molecule has 0 aliphatic heterocycles. The first kappa shape index (κ1) is 29.0. The van der Waals surface area contributed by atoms with Crippen LogP contribution in [0.4, 0.5) is 65.9 Å². The van der Waals surface area contributed by atoms with E-state index in [0.29, 0.717) is 0 Å². The third-order valence-corrected chi connectivity index (χ3v) is 9.80. The van der Waals surface area contributed by atoms with Crippen LogP contribution in [0, 0.1) is 0 Å². The van der Waals surface area contributed by atoms with E-state index in [1.165, 1.54) is 0 Å². The highest BCUT2D eigenvalue weighted by atomic mass is 35.8. The van der Waals surface area contributed by atoms with E-state index in [0.717, 1.165) is 0 Å². The minimum absolute atomic E-state index is 0.170. The summed E-state index contributed by atoms with van der Waals surface area (Å²) in [5, 5.41) is -3.94. The van der Waals surface area contributed by atoms with Gasteiger partial charge in [-0.05, 0) is 0 Å². The summed E-state index contributed by atoms with van der Waals surface area (Å²) in [7, 11) is 0. The Balaban J connectivity index is 6.82. The summed E-state index contributed by atoms with van der Waals surface area (Å²) >= 11 is 15.0. The number of alkyl halides is 15. The second-order valence-electron chi connectivity index (χ2n) is 6.07. The van der Waals surface area contributed by atoms with Gasteiger partial charge >= 0.3 is 47.7 Å². The van der Waals surface area contributed by atoms with Crippen LogP contribution >= 0.6 is 33.2 Å². The van der Waals surface area contributed by atoms with E-state index in [1.54, 1.807) is 0 Å². The molecule has 0 radical (unpaired) electrons. The number of halogens is 18. The van der Waals surface area contributed by atoms with Gasteiger partial charge in [0.05, 0.1) is 5.04 Å². The molecule has 0 aromatic rings. The van der Waals surface area contributed by atoms with Gasteiger partial charge in [0.2, 0.25) is 0 Å². The molecule has 0 N–H and O–H groups in total. The van der Waals surface area contributed by atoms with E-state index in [1.807, 2.05) is 0 Å². The molecule has 0 amide bonds. The fourth-order valence-corrected chi connectivity index (χ4v) is 3.12. The monoisotopic (exact) mass is 544 g/mol. The van der Waals surface area contributed by atoms with E-state index < -0.39 is 52.8 Å². The van der Waals surface area contributed by atoms with Crippen LogP contribution in [-0.2, 0) is 0 Å². The SMILES string of the molecule is CC(C)(C(F)(F)C(F)(F)C(F)(F)C(F)(F)C(F)(F)C(F)(F)C(F)(F)F)[Si](Cl)(Cl)Cl. The summed E-state index contributed by atoms with van der Waals surface area (Å²) in [5.74, 6) is -47.2. The average Bonchev–Trinajstić information content (AvgIpc) is 2.43. The van der Waals surface area contributed by atoms with Gasteiger partial charge in [0, 0.05) is 0 Å². The molecule has 0 saturated carbocycles. The van der Waals surface area contributed by atoms with Crippen molar-refractivity contribution >= 4 is 39.2 Å². The standard InChI is InChI=1S/C10H6Cl3F15Si/c1-3(2,29(11,12)13)4(14,15)5(16,17)6(18,19)7(20,21)8(22,23)9(24,25)10(26,27)28/h1-2H3. The van der Waals surface area contributed by atoms with Gasteiger partial charge in [-0.15, -0.1) is 33.2 Å². The molecule has 0 rings (SSSR count). The van der Waals surface area contributed by atoms with Gasteiger partial charge in [0.25, 0.3) is 0 Å². The first-order valence-electron chi connectivity index (χ1n) is 6.40. The Labute approximate surface area is 166 Å². The van der Waals surface area contributed by atoms with Crippen LogP contribution in [0.3, 0.4) is 0 Å². The molecule has 0 atom stereocenters. The molecule has 0 heterocycles. The van der Waals surface area contributed by atoms with Crippen molar-refractivity contribution in [1.82, 2.24) is 0 Å². The summed E-state index contributed by atoms with van der Waals surface area (Å²) in [4.78, 5) is 0. The second kappa shape index (κ2) is 7.02. The molecule has 0 nitrogen and oxygen atoms in total. The number of hydrogen-bond acceptors (Lipinski definition) is 0. The molecule has 0 fully saturated rings. The molecular weight excluding hydrogens is 540 g/mol. The van der Waals surface area contributed by atoms with E-state index >= 15 is 0 Å². The van der Waals surface area contributed by atoms with Gasteiger partial charge in [-0.25, -0.2) is 0 Å². The highest BCUT2D eigenvalue weighted by molar-refractivity contribution is 7.65. The highest BCUT2D eigenvalue weighted by Gasteiger charge is 2.94. The van der Waals surface area contributed by atoms with Crippen LogP contribution in [-0.4, -0.2) is 47.7 Å². The molecule has 0 aromatic heterocycles. The normalized spacial score (nSPS) is 17.0. The topological polar surface area (TPSA) is 0 Å². The van der Waals surface area contributed by atoms with Gasteiger partial charge < -0.3 is 0 Å². The summed E-state index contributed by atoms with van der Waals surface area (Å²) in [6, 6.07) is -5.29. The maximum atomic E-state index is 14.0. The lowest BCUT2D eigenvalue weighted by atomic mass is 9.87. The zero-order valence-electron chi connectivity index (χ0n) is 13.3. The Morgan fingerprint density at radius 1 is 0.414 bits per heavy atom. The van der Waals surface area contributed by atoms with Crippen molar-refractivity contribution in [1.29, 1.82) is 0 Å². The summed E-state index contributed by atoms with van der Waals surface area (Å²) in [6.45, 7) is -0.340. The Bertz CT molecular complexity index is 567. The van der Waals surface area contributed by atoms with Gasteiger partial charge in [0.1, 0.15) is 0 Å². The van der Waals surface area contributed by atoms with Crippen LogP contribution in [0.2, 0.25) is 5.04 Å². The van der Waals surface area contributed by atoms with Crippen molar-refractivity contribution < 1.29 is 65.9 Å². The molecule has 0 bridgehead atoms. The van der Waals surface area contributed by atoms with E-state index in [2.05, 4.69) is 0 Å². The van der Waals surface area contributed by atoms with Gasteiger partial charge in [0.15, 0.2) is 0 Å². The summed E-state index contributed by atoms with van der Waals surface area (Å²) in [6.07, 6.45) is -7.66. The zero-order valence-corrected chi connectivity index (χ0v) is 16.6. The van der Waals surface area contributed by atoms with Crippen molar-refractivity contribution in [2.45, 2.75) is 60.6 Å². The highest BCUT2D eigenvalue weighted by Crippen LogP contribution is 2.68. The Morgan fingerprint density at radius 2 is 0.621 bits per heavy atom. The largest absolute Gasteiger partial charge is 0.460 e. The molecule has 0 saturated heterocycles. The quantitative estimate of drug-likeness (QED) is 0.174. The van der Waals surface area contributed by atoms with Crippen LogP contribution in [0.25, 0.3) is 0 Å². The molecule has 0 aromatic carbocycles. The molecule has 19 heteroatoms. The van der Waals surface area contributed by atoms with Crippen molar-refractivity contribution in [3.05, 3.63) is 0 Å². The minimum Gasteiger partial charge on any atom is -0.199 e. The van der Waals surface area contributed by atoms with E-state index in [-0.39, 0.29) is 13.8 Å². The van der Waals surface area contributed by atoms with E-state index in [4.69, 9.17) is 33.2 Å². The molecule has 0 aliphatic carbocycles. The smallest absolute Gasteiger partial charge is 0.199 e. The van der Waals surface area contributed by atoms with Crippen LogP contribution < -0.4 is 0 Å². The predicted octanol–water partition coefficient (Wildman–Crippen LogP) is 7.80. The number of rotatable bonds is 7. The van der Waals surface area contributed by atoms with Gasteiger partial charge in [-0.2, -0.15) is 65.9 Å². The first-order chi connectivity index (χ1) is 12.0. The summed E-state index contributed by atoms with van der Waals surface area (Å²) < 4.78 is 196. The van der Waals surface area contributed by atoms with Crippen molar-refractivity contribution in [2.24, 2.45) is 0 Å². The Morgan fingerprint density at radius 3 is 0.828 bits per heavy atom. The Kier molecular flexibility index (Phi) is 7.03. The molecule has 0 aliphatic rings. The van der Waals surface area contributed by atoms with Gasteiger partial charge in [-0.1, -0.05) is 13.8 Å². The zero-order chi connectivity index (χ0) is 24.5. The summed E-state index contributed by atoms with van der Waals surface area (Å²) in [5.41, 5.74) is 0. The van der Waals surface area contributed by atoms with Crippen molar-refractivity contribution in [3.63, 3.8) is 0 Å². The van der Waals surface area contributed by atoms with Crippen LogP contribution in [0.5, 0.6) is 0 Å². The maximum absolute atomic E-state index is 14.0. The lowest BCUT2D eigenvalue weighted by Crippen LogP contribution is -2.74. The molecule has 176 valence electrons. The predicted molar refractivity (Wildman–Crippen MR) is 73.1 cm³/mol. The second-order valence-corrected chi connectivity index (χ2v) is 15.2. The van der Waals surface area contributed by atoms with Crippen LogP contribution in [0.15, 0.2) is 0 Å². The van der Waals surface area contributed by atoms with E-state index in [9.17, 15) is 65.9 Å². The lowest BCUT2D eigenvalue weighted by molar-refractivity contribution is -0.453. The lowest BCUT2D eigenvalue weighted by Gasteiger charge is -2.46. The number of hydrogen-bond donors (Lipinski definition) is 0. The first-order valence-corrected chi connectivity index (χ1v) is 11.4. The third kappa shape index (κ3) is 3.66. The average molecular weight is 546 g/mol. The van der Waals surface area contributed by atoms with Gasteiger partial charge in [-0.3, -0.25) is 0 Å².